The molecule has 1 aromatic rings. The van der Waals surface area contributed by atoms with Crippen LogP contribution in [0.1, 0.15) is 69.0 Å². The van der Waals surface area contributed by atoms with Crippen LogP contribution >= 0.6 is 0 Å². The normalized spacial score (nSPS) is 19.4. The minimum atomic E-state index is 0.387. The molecule has 3 nitrogen and oxygen atoms in total. The molecule has 0 spiro atoms. The van der Waals surface area contributed by atoms with E-state index in [0.717, 1.165) is 6.42 Å². The zero-order valence-electron chi connectivity index (χ0n) is 12.1. The number of hydrogen-bond donors (Lipinski definition) is 2. The lowest BCUT2D eigenvalue weighted by Crippen LogP contribution is -2.39. The highest BCUT2D eigenvalue weighted by atomic mass is 15.2. The molecule has 0 bridgehead atoms. The van der Waals surface area contributed by atoms with Gasteiger partial charge in [0.15, 0.2) is 0 Å². The second kappa shape index (κ2) is 7.61. The molecule has 0 saturated carbocycles. The monoisotopic (exact) mass is 261 g/mol. The molecule has 0 saturated heterocycles. The minimum absolute atomic E-state index is 0.387. The smallest absolute Gasteiger partial charge is 0.0482 e. The number of nitrogens with zero attached hydrogens (tertiary/aromatic N) is 1. The topological polar surface area (TPSA) is 50.9 Å². The Morgan fingerprint density at radius 3 is 3.00 bits per heavy atom. The molecule has 0 amide bonds. The Morgan fingerprint density at radius 1 is 1.37 bits per heavy atom. The van der Waals surface area contributed by atoms with E-state index in [9.17, 15) is 0 Å². The highest BCUT2D eigenvalue weighted by Gasteiger charge is 2.29. The van der Waals surface area contributed by atoms with Crippen molar-refractivity contribution in [3.63, 3.8) is 0 Å². The average Bonchev–Trinajstić information content (AvgIpc) is 2.87. The Kier molecular flexibility index (Phi) is 5.80. The summed E-state index contributed by atoms with van der Waals surface area (Å²) in [5.41, 5.74) is 5.73. The summed E-state index contributed by atoms with van der Waals surface area (Å²) in [5.74, 6) is 6.28. The summed E-state index contributed by atoms with van der Waals surface area (Å²) in [5, 5.41) is 0. The average molecular weight is 261 g/mol. The van der Waals surface area contributed by atoms with Crippen molar-refractivity contribution in [3.05, 3.63) is 29.6 Å². The van der Waals surface area contributed by atoms with E-state index in [1.807, 2.05) is 12.3 Å². The maximum Gasteiger partial charge on any atom is 0.0482 e. The van der Waals surface area contributed by atoms with Gasteiger partial charge >= 0.3 is 0 Å². The fraction of sp³-hybridized carbons (Fsp3) is 0.688. The van der Waals surface area contributed by atoms with Crippen LogP contribution in [0.5, 0.6) is 0 Å². The largest absolute Gasteiger partial charge is 0.271 e. The van der Waals surface area contributed by atoms with Crippen LogP contribution < -0.4 is 11.3 Å². The van der Waals surface area contributed by atoms with E-state index in [2.05, 4.69) is 23.4 Å². The first-order chi connectivity index (χ1) is 9.36. The van der Waals surface area contributed by atoms with E-state index in [1.165, 1.54) is 56.2 Å². The number of nitrogens with two attached hydrogens (primary N) is 1. The number of hydrogen-bond acceptors (Lipinski definition) is 3. The zero-order chi connectivity index (χ0) is 13.5. The fourth-order valence-corrected chi connectivity index (χ4v) is 3.20. The zero-order valence-corrected chi connectivity index (χ0v) is 12.1. The number of hydrazine groups is 1. The highest BCUT2D eigenvalue weighted by Crippen LogP contribution is 2.35. The summed E-state index contributed by atoms with van der Waals surface area (Å²) in [6.07, 6.45) is 12.0. The van der Waals surface area contributed by atoms with Crippen LogP contribution in [0.3, 0.4) is 0 Å². The van der Waals surface area contributed by atoms with Crippen LogP contribution in [0.15, 0.2) is 18.3 Å². The number of unbranched alkanes of at least 4 members (excludes halogenated alkanes) is 4. The summed E-state index contributed by atoms with van der Waals surface area (Å²) in [6.45, 7) is 2.26. The predicted octanol–water partition coefficient (Wildman–Crippen LogP) is 3.30. The van der Waals surface area contributed by atoms with Crippen molar-refractivity contribution in [2.24, 2.45) is 5.84 Å². The maximum atomic E-state index is 5.77. The molecule has 19 heavy (non-hydrogen) atoms. The van der Waals surface area contributed by atoms with Crippen LogP contribution in [0.25, 0.3) is 0 Å². The molecule has 2 unspecified atom stereocenters. The van der Waals surface area contributed by atoms with Crippen molar-refractivity contribution >= 4 is 0 Å². The Balaban J connectivity index is 1.85. The van der Waals surface area contributed by atoms with Gasteiger partial charge in [0.05, 0.1) is 0 Å². The van der Waals surface area contributed by atoms with Gasteiger partial charge in [-0.3, -0.25) is 16.3 Å². The molecule has 3 N–H and O–H groups in total. The molecule has 106 valence electrons. The number of aryl methyl sites for hydroxylation is 1. The summed E-state index contributed by atoms with van der Waals surface area (Å²) in [7, 11) is 0. The van der Waals surface area contributed by atoms with Gasteiger partial charge in [-0.1, -0.05) is 45.1 Å². The van der Waals surface area contributed by atoms with Crippen LogP contribution in [0.4, 0.5) is 0 Å². The molecule has 0 aliphatic heterocycles. The maximum absolute atomic E-state index is 5.77. The van der Waals surface area contributed by atoms with Gasteiger partial charge in [-0.25, -0.2) is 0 Å². The second-order valence-electron chi connectivity index (χ2n) is 5.67. The van der Waals surface area contributed by atoms with Gasteiger partial charge in [-0.05, 0) is 30.9 Å². The van der Waals surface area contributed by atoms with Gasteiger partial charge in [-0.15, -0.1) is 0 Å². The quantitative estimate of drug-likeness (QED) is 0.429. The van der Waals surface area contributed by atoms with Gasteiger partial charge in [0.1, 0.15) is 0 Å². The molecule has 0 fully saturated rings. The van der Waals surface area contributed by atoms with Gasteiger partial charge in [0.2, 0.25) is 0 Å². The molecule has 1 aliphatic rings. The Bertz CT molecular complexity index is 378. The third-order valence-corrected chi connectivity index (χ3v) is 4.32. The highest BCUT2D eigenvalue weighted by molar-refractivity contribution is 5.29. The first-order valence-electron chi connectivity index (χ1n) is 7.76. The molecule has 1 aromatic heterocycles. The lowest BCUT2D eigenvalue weighted by atomic mass is 9.92. The van der Waals surface area contributed by atoms with Crippen LogP contribution in [0, 0.1) is 0 Å². The van der Waals surface area contributed by atoms with Crippen molar-refractivity contribution in [2.75, 3.05) is 0 Å². The van der Waals surface area contributed by atoms with E-state index in [0.29, 0.717) is 12.0 Å². The molecular weight excluding hydrogens is 234 g/mol. The van der Waals surface area contributed by atoms with Gasteiger partial charge in [-0.2, -0.15) is 0 Å². The summed E-state index contributed by atoms with van der Waals surface area (Å²) >= 11 is 0. The number of rotatable bonds is 8. The molecular formula is C16H27N3. The van der Waals surface area contributed by atoms with E-state index < -0.39 is 0 Å². The lowest BCUT2D eigenvalue weighted by Gasteiger charge is -2.23. The van der Waals surface area contributed by atoms with E-state index in [-0.39, 0.29) is 0 Å². The molecule has 2 atom stereocenters. The molecule has 0 aromatic carbocycles. The van der Waals surface area contributed by atoms with Gasteiger partial charge < -0.3 is 0 Å². The van der Waals surface area contributed by atoms with E-state index >= 15 is 0 Å². The number of aromatic nitrogens is 1. The second-order valence-corrected chi connectivity index (χ2v) is 5.67. The van der Waals surface area contributed by atoms with Crippen LogP contribution in [-0.4, -0.2) is 11.0 Å². The van der Waals surface area contributed by atoms with Gasteiger partial charge in [0.25, 0.3) is 0 Å². The SMILES string of the molecule is CCCCCCCC(NN)C1CCc2cccnc21. The number of nitrogens with one attached hydrogen (secondary N) is 1. The summed E-state index contributed by atoms with van der Waals surface area (Å²) in [4.78, 5) is 4.57. The minimum Gasteiger partial charge on any atom is -0.271 e. The number of pyridine rings is 1. The number of fused-ring (bicyclic) bond motifs is 1. The third kappa shape index (κ3) is 3.77. The lowest BCUT2D eigenvalue weighted by molar-refractivity contribution is 0.391. The van der Waals surface area contributed by atoms with Crippen molar-refractivity contribution in [3.8, 4) is 0 Å². The van der Waals surface area contributed by atoms with Crippen molar-refractivity contribution in [2.45, 2.75) is 70.3 Å². The summed E-state index contributed by atoms with van der Waals surface area (Å²) < 4.78 is 0. The Hall–Kier alpha value is -0.930. The van der Waals surface area contributed by atoms with Crippen molar-refractivity contribution < 1.29 is 0 Å². The molecule has 3 heteroatoms. The molecule has 0 radical (unpaired) electrons. The molecule has 2 rings (SSSR count). The van der Waals surface area contributed by atoms with Crippen molar-refractivity contribution in [1.82, 2.24) is 10.4 Å². The first kappa shape index (κ1) is 14.5. The van der Waals surface area contributed by atoms with Crippen LogP contribution in [0.2, 0.25) is 0 Å². The molecule has 1 heterocycles. The Labute approximate surface area is 117 Å². The van der Waals surface area contributed by atoms with Crippen LogP contribution in [-0.2, 0) is 6.42 Å². The standard InChI is InChI=1S/C16H27N3/c1-2-3-4-5-6-9-15(19-17)14-11-10-13-8-7-12-18-16(13)14/h7-8,12,14-15,19H,2-6,9-11,17H2,1H3. The van der Waals surface area contributed by atoms with Crippen molar-refractivity contribution in [1.29, 1.82) is 0 Å². The molecule has 1 aliphatic carbocycles. The van der Waals surface area contributed by atoms with E-state index in [4.69, 9.17) is 5.84 Å². The fourth-order valence-electron chi connectivity index (χ4n) is 3.20. The summed E-state index contributed by atoms with van der Waals surface area (Å²) in [6, 6.07) is 4.63. The predicted molar refractivity (Wildman–Crippen MR) is 79.8 cm³/mol. The van der Waals surface area contributed by atoms with Gasteiger partial charge in [0, 0.05) is 23.9 Å². The first-order valence-corrected chi connectivity index (χ1v) is 7.76. The van der Waals surface area contributed by atoms with E-state index in [1.54, 1.807) is 0 Å². The Morgan fingerprint density at radius 2 is 2.21 bits per heavy atom. The third-order valence-electron chi connectivity index (χ3n) is 4.32.